The van der Waals surface area contributed by atoms with E-state index in [0.717, 1.165) is 25.8 Å². The molecule has 1 aliphatic heterocycles. The van der Waals surface area contributed by atoms with Crippen LogP contribution in [0.25, 0.3) is 0 Å². The quantitative estimate of drug-likeness (QED) is 0.807. The van der Waals surface area contributed by atoms with Gasteiger partial charge in [-0.05, 0) is 32.3 Å². The summed E-state index contributed by atoms with van der Waals surface area (Å²) in [5.41, 5.74) is 0.570. The van der Waals surface area contributed by atoms with Crippen molar-refractivity contribution in [2.75, 3.05) is 6.54 Å². The zero-order valence-corrected chi connectivity index (χ0v) is 10.0. The Morgan fingerprint density at radius 2 is 2.29 bits per heavy atom. The van der Waals surface area contributed by atoms with Crippen molar-refractivity contribution < 1.29 is 14.0 Å². The van der Waals surface area contributed by atoms with Gasteiger partial charge in [0.25, 0.3) is 5.91 Å². The van der Waals surface area contributed by atoms with Crippen molar-refractivity contribution in [3.63, 3.8) is 0 Å². The van der Waals surface area contributed by atoms with Crippen LogP contribution in [-0.2, 0) is 4.79 Å². The van der Waals surface area contributed by atoms with E-state index in [-0.39, 0.29) is 17.7 Å². The highest BCUT2D eigenvalue weighted by Crippen LogP contribution is 2.22. The van der Waals surface area contributed by atoms with Gasteiger partial charge in [-0.3, -0.25) is 9.59 Å². The maximum absolute atomic E-state index is 12.2. The summed E-state index contributed by atoms with van der Waals surface area (Å²) in [4.78, 5) is 25.2. The van der Waals surface area contributed by atoms with Gasteiger partial charge >= 0.3 is 0 Å². The molecule has 0 radical (unpaired) electrons. The van der Waals surface area contributed by atoms with Gasteiger partial charge in [-0.15, -0.1) is 0 Å². The third-order valence-electron chi connectivity index (χ3n) is 3.18. The summed E-state index contributed by atoms with van der Waals surface area (Å²) in [7, 11) is 0. The third kappa shape index (κ3) is 2.75. The molecule has 0 N–H and O–H groups in total. The highest BCUT2D eigenvalue weighted by molar-refractivity contribution is 5.94. The second kappa shape index (κ2) is 5.17. The number of hydrogen-bond acceptors (Lipinski definition) is 3. The third-order valence-corrected chi connectivity index (χ3v) is 3.18. The molecule has 1 saturated heterocycles. The van der Waals surface area contributed by atoms with Crippen molar-refractivity contribution >= 4 is 11.7 Å². The van der Waals surface area contributed by atoms with Crippen molar-refractivity contribution in [1.29, 1.82) is 0 Å². The Balaban J connectivity index is 2.10. The second-order valence-electron chi connectivity index (χ2n) is 4.57. The van der Waals surface area contributed by atoms with Crippen LogP contribution < -0.4 is 0 Å². The van der Waals surface area contributed by atoms with Crippen LogP contribution in [0.3, 0.4) is 0 Å². The lowest BCUT2D eigenvalue weighted by atomic mass is 9.97. The molecule has 4 heteroatoms. The minimum Gasteiger partial charge on any atom is -0.472 e. The number of nitrogens with zero attached hydrogens (tertiary/aromatic N) is 1. The number of ketones is 1. The van der Waals surface area contributed by atoms with Gasteiger partial charge in [0.15, 0.2) is 0 Å². The maximum Gasteiger partial charge on any atom is 0.257 e. The number of rotatable bonds is 3. The predicted octanol–water partition coefficient (Wildman–Crippen LogP) is 2.25. The molecule has 2 rings (SSSR count). The van der Waals surface area contributed by atoms with E-state index < -0.39 is 0 Å². The summed E-state index contributed by atoms with van der Waals surface area (Å²) >= 11 is 0. The monoisotopic (exact) mass is 235 g/mol. The first kappa shape index (κ1) is 11.9. The van der Waals surface area contributed by atoms with Crippen LogP contribution in [0.4, 0.5) is 0 Å². The molecular weight excluding hydrogens is 218 g/mol. The van der Waals surface area contributed by atoms with Crippen molar-refractivity contribution in [3.05, 3.63) is 24.2 Å². The van der Waals surface area contributed by atoms with E-state index in [4.69, 9.17) is 4.42 Å². The van der Waals surface area contributed by atoms with Crippen LogP contribution in [0.2, 0.25) is 0 Å². The molecule has 0 aliphatic carbocycles. The fourth-order valence-electron chi connectivity index (χ4n) is 2.36. The minimum absolute atomic E-state index is 0.0234. The number of amides is 1. The number of piperidine rings is 1. The summed E-state index contributed by atoms with van der Waals surface area (Å²) in [6, 6.07) is 1.73. The van der Waals surface area contributed by atoms with E-state index in [1.807, 2.05) is 4.90 Å². The Morgan fingerprint density at radius 3 is 2.94 bits per heavy atom. The molecule has 0 saturated carbocycles. The van der Waals surface area contributed by atoms with Gasteiger partial charge < -0.3 is 9.32 Å². The molecule has 1 aromatic heterocycles. The van der Waals surface area contributed by atoms with E-state index in [0.29, 0.717) is 12.0 Å². The molecule has 1 fully saturated rings. The highest BCUT2D eigenvalue weighted by Gasteiger charge is 2.28. The van der Waals surface area contributed by atoms with Crippen molar-refractivity contribution in [1.82, 2.24) is 4.90 Å². The molecule has 4 nitrogen and oxygen atoms in total. The van der Waals surface area contributed by atoms with Crippen LogP contribution in [-0.4, -0.2) is 29.2 Å². The molecule has 0 bridgehead atoms. The number of likely N-dealkylation sites (tertiary alicyclic amines) is 1. The topological polar surface area (TPSA) is 50.5 Å². The Kier molecular flexibility index (Phi) is 3.61. The number of carbonyl (C=O) groups excluding carboxylic acids is 2. The molecule has 17 heavy (non-hydrogen) atoms. The first-order valence-electron chi connectivity index (χ1n) is 6.01. The minimum atomic E-state index is -0.0234. The SMILES string of the molecule is CC(=O)CC1CCCCN1C(=O)c1ccoc1. The van der Waals surface area contributed by atoms with E-state index in [1.165, 1.54) is 12.5 Å². The Labute approximate surface area is 101 Å². The zero-order valence-electron chi connectivity index (χ0n) is 10.0. The molecule has 1 atom stereocenters. The van der Waals surface area contributed by atoms with Crippen molar-refractivity contribution in [2.45, 2.75) is 38.6 Å². The van der Waals surface area contributed by atoms with Gasteiger partial charge in [0.2, 0.25) is 0 Å². The largest absolute Gasteiger partial charge is 0.472 e. The van der Waals surface area contributed by atoms with Crippen LogP contribution in [0, 0.1) is 0 Å². The van der Waals surface area contributed by atoms with Crippen molar-refractivity contribution in [2.24, 2.45) is 0 Å². The average molecular weight is 235 g/mol. The van der Waals surface area contributed by atoms with Crippen molar-refractivity contribution in [3.8, 4) is 0 Å². The van der Waals surface area contributed by atoms with Gasteiger partial charge in [0.05, 0.1) is 11.8 Å². The maximum atomic E-state index is 12.2. The zero-order chi connectivity index (χ0) is 12.3. The van der Waals surface area contributed by atoms with E-state index in [9.17, 15) is 9.59 Å². The van der Waals surface area contributed by atoms with E-state index >= 15 is 0 Å². The Morgan fingerprint density at radius 1 is 1.47 bits per heavy atom. The summed E-state index contributed by atoms with van der Waals surface area (Å²) in [6.45, 7) is 2.32. The Hall–Kier alpha value is -1.58. The molecule has 1 aliphatic rings. The van der Waals surface area contributed by atoms with Crippen LogP contribution >= 0.6 is 0 Å². The number of hydrogen-bond donors (Lipinski definition) is 0. The number of Topliss-reactive ketones (excluding diaryl/α,β-unsaturated/α-hetero) is 1. The lowest BCUT2D eigenvalue weighted by Crippen LogP contribution is -2.44. The van der Waals surface area contributed by atoms with Crippen LogP contribution in [0.5, 0.6) is 0 Å². The normalized spacial score (nSPS) is 20.3. The van der Waals surface area contributed by atoms with Crippen LogP contribution in [0.1, 0.15) is 43.0 Å². The fraction of sp³-hybridized carbons (Fsp3) is 0.538. The lowest BCUT2D eigenvalue weighted by Gasteiger charge is -2.35. The molecule has 92 valence electrons. The number of furan rings is 1. The standard InChI is InChI=1S/C13H17NO3/c1-10(15)8-12-4-2-3-6-14(12)13(16)11-5-7-17-9-11/h5,7,9,12H,2-4,6,8H2,1H3. The van der Waals surface area contributed by atoms with Gasteiger partial charge in [-0.1, -0.05) is 0 Å². The van der Waals surface area contributed by atoms with Gasteiger partial charge in [0, 0.05) is 19.0 Å². The smallest absolute Gasteiger partial charge is 0.257 e. The van der Waals surface area contributed by atoms with Gasteiger partial charge in [0.1, 0.15) is 12.0 Å². The summed E-state index contributed by atoms with van der Waals surface area (Å²) < 4.78 is 4.93. The summed E-state index contributed by atoms with van der Waals surface area (Å²) in [6.07, 6.45) is 6.44. The van der Waals surface area contributed by atoms with Crippen LogP contribution in [0.15, 0.2) is 23.0 Å². The van der Waals surface area contributed by atoms with Gasteiger partial charge in [-0.2, -0.15) is 0 Å². The summed E-state index contributed by atoms with van der Waals surface area (Å²) in [5.74, 6) is 0.117. The highest BCUT2D eigenvalue weighted by atomic mass is 16.3. The fourth-order valence-corrected chi connectivity index (χ4v) is 2.36. The Bertz CT molecular complexity index is 397. The molecule has 0 spiro atoms. The molecule has 1 unspecified atom stereocenters. The average Bonchev–Trinajstić information content (AvgIpc) is 2.81. The molecule has 2 heterocycles. The second-order valence-corrected chi connectivity index (χ2v) is 4.57. The van der Waals surface area contributed by atoms with E-state index in [2.05, 4.69) is 0 Å². The molecule has 0 aromatic carbocycles. The first-order valence-corrected chi connectivity index (χ1v) is 6.01. The lowest BCUT2D eigenvalue weighted by molar-refractivity contribution is -0.118. The summed E-state index contributed by atoms with van der Waals surface area (Å²) in [5, 5.41) is 0. The molecular formula is C13H17NO3. The predicted molar refractivity (Wildman–Crippen MR) is 62.7 cm³/mol. The van der Waals surface area contributed by atoms with Gasteiger partial charge in [-0.25, -0.2) is 0 Å². The number of carbonyl (C=O) groups is 2. The molecule has 1 amide bonds. The molecule has 1 aromatic rings. The van der Waals surface area contributed by atoms with E-state index in [1.54, 1.807) is 13.0 Å². The first-order chi connectivity index (χ1) is 8.18.